The summed E-state index contributed by atoms with van der Waals surface area (Å²) in [7, 11) is 0. The molecule has 1 aromatic rings. The number of urea groups is 1. The van der Waals surface area contributed by atoms with Gasteiger partial charge in [0.1, 0.15) is 18.1 Å². The number of carboxylic acids is 1. The molecular weight excluding hydrogens is 290 g/mol. The Balaban J connectivity index is 2.19. The topological polar surface area (TPSA) is 108 Å². The Morgan fingerprint density at radius 2 is 2.14 bits per heavy atom. The highest BCUT2D eigenvalue weighted by Crippen LogP contribution is 2.10. The first kappa shape index (κ1) is 15.4. The average molecular weight is 303 g/mol. The van der Waals surface area contributed by atoms with E-state index in [1.807, 2.05) is 18.2 Å². The second-order valence-corrected chi connectivity index (χ2v) is 4.36. The zero-order valence-corrected chi connectivity index (χ0v) is 11.5. The summed E-state index contributed by atoms with van der Waals surface area (Å²) < 4.78 is 0. The highest BCUT2D eigenvalue weighted by atomic mass is 16.7. The lowest BCUT2D eigenvalue weighted by atomic mass is 10.2. The molecule has 0 saturated heterocycles. The maximum atomic E-state index is 11.3. The van der Waals surface area contributed by atoms with Gasteiger partial charge < -0.3 is 10.4 Å². The largest absolute Gasteiger partial charge is 0.480 e. The van der Waals surface area contributed by atoms with Crippen LogP contribution >= 0.6 is 0 Å². The Morgan fingerprint density at radius 3 is 2.77 bits per heavy atom. The van der Waals surface area contributed by atoms with Crippen LogP contribution in [-0.4, -0.2) is 47.0 Å². The second kappa shape index (κ2) is 7.16. The van der Waals surface area contributed by atoms with Gasteiger partial charge in [0.15, 0.2) is 5.84 Å². The minimum Gasteiger partial charge on any atom is -0.480 e. The van der Waals surface area contributed by atoms with Gasteiger partial charge in [-0.25, -0.2) is 14.7 Å². The monoisotopic (exact) mass is 303 g/mol. The van der Waals surface area contributed by atoms with Crippen molar-refractivity contribution in [2.75, 3.05) is 13.1 Å². The summed E-state index contributed by atoms with van der Waals surface area (Å²) in [6.07, 6.45) is 0. The Hall–Kier alpha value is -2.96. The predicted molar refractivity (Wildman–Crippen MR) is 75.6 cm³/mol. The lowest BCUT2D eigenvalue weighted by Crippen LogP contribution is -2.43. The molecule has 2 N–H and O–H groups in total. The number of hydrogen-bond donors (Lipinski definition) is 2. The summed E-state index contributed by atoms with van der Waals surface area (Å²) in [5, 5.41) is 12.2. The van der Waals surface area contributed by atoms with E-state index in [2.05, 4.69) is 10.3 Å². The van der Waals surface area contributed by atoms with Crippen molar-refractivity contribution in [2.45, 2.75) is 6.61 Å². The molecule has 2 rings (SSSR count). The number of hydrogen-bond acceptors (Lipinski definition) is 5. The third kappa shape index (κ3) is 4.02. The van der Waals surface area contributed by atoms with Crippen LogP contribution in [0.3, 0.4) is 0 Å². The molecule has 1 aliphatic heterocycles. The van der Waals surface area contributed by atoms with E-state index in [0.29, 0.717) is 0 Å². The third-order valence-electron chi connectivity index (χ3n) is 2.76. The summed E-state index contributed by atoms with van der Waals surface area (Å²) >= 11 is 0. The van der Waals surface area contributed by atoms with Crippen molar-refractivity contribution in [3.8, 4) is 0 Å². The maximum absolute atomic E-state index is 11.3. The number of carbonyl (C=O) groups excluding carboxylic acids is 2. The molecule has 8 heteroatoms. The molecule has 8 nitrogen and oxygen atoms in total. The lowest BCUT2D eigenvalue weighted by molar-refractivity contribution is -0.155. The molecule has 114 valence electrons. The van der Waals surface area contributed by atoms with E-state index in [0.717, 1.165) is 10.6 Å². The molecule has 1 heterocycles. The fourth-order valence-corrected chi connectivity index (χ4v) is 1.77. The molecule has 0 bridgehead atoms. The summed E-state index contributed by atoms with van der Waals surface area (Å²) in [5.74, 6) is 0.303. The van der Waals surface area contributed by atoms with E-state index in [1.165, 1.54) is 0 Å². The SMILES string of the molecule is O=C=C1CNC(=O)N=C1N(CC(=O)O)OCc1ccccc1. The normalized spacial score (nSPS) is 13.9. The van der Waals surface area contributed by atoms with Crippen molar-refractivity contribution in [3.63, 3.8) is 0 Å². The van der Waals surface area contributed by atoms with Crippen molar-refractivity contribution < 1.29 is 24.3 Å². The summed E-state index contributed by atoms with van der Waals surface area (Å²) in [6.45, 7) is -0.572. The highest BCUT2D eigenvalue weighted by Gasteiger charge is 2.25. The van der Waals surface area contributed by atoms with Crippen molar-refractivity contribution in [1.29, 1.82) is 0 Å². The zero-order valence-electron chi connectivity index (χ0n) is 11.5. The molecule has 2 amide bonds. The number of nitrogens with one attached hydrogen (secondary N) is 1. The van der Waals surface area contributed by atoms with Crippen LogP contribution in [0.15, 0.2) is 40.9 Å². The van der Waals surface area contributed by atoms with Crippen LogP contribution < -0.4 is 5.32 Å². The van der Waals surface area contributed by atoms with Crippen molar-refractivity contribution in [2.24, 2.45) is 4.99 Å². The predicted octanol–water partition coefficient (Wildman–Crippen LogP) is 0.384. The number of hydroxylamine groups is 2. The standard InChI is InChI=1S/C14H13N3O5/c18-8-11-6-15-14(21)16-13(11)17(7-12(19)20)22-9-10-4-2-1-3-5-10/h1-5H,6-7,9H2,(H,15,21)(H,19,20). The molecule has 1 aromatic carbocycles. The van der Waals surface area contributed by atoms with Gasteiger partial charge in [0.2, 0.25) is 0 Å². The second-order valence-electron chi connectivity index (χ2n) is 4.36. The number of aliphatic carboxylic acids is 1. The number of aliphatic imine (C=N–C) groups is 1. The van der Waals surface area contributed by atoms with Crippen LogP contribution in [0.2, 0.25) is 0 Å². The van der Waals surface area contributed by atoms with Gasteiger partial charge in [-0.15, -0.1) is 0 Å². The van der Waals surface area contributed by atoms with Crippen LogP contribution in [0.25, 0.3) is 0 Å². The first-order valence-electron chi connectivity index (χ1n) is 6.37. The van der Waals surface area contributed by atoms with E-state index in [4.69, 9.17) is 9.94 Å². The van der Waals surface area contributed by atoms with Crippen molar-refractivity contribution in [3.05, 3.63) is 41.5 Å². The molecule has 0 radical (unpaired) electrons. The Labute approximate surface area is 125 Å². The number of carboxylic acid groups (broad SMARTS) is 1. The number of amidine groups is 1. The molecular formula is C14H13N3O5. The van der Waals surface area contributed by atoms with Gasteiger partial charge in [-0.05, 0) is 5.56 Å². The molecule has 1 aliphatic rings. The minimum absolute atomic E-state index is 0.0221. The fraction of sp³-hybridized carbons (Fsp3) is 0.214. The Morgan fingerprint density at radius 1 is 1.41 bits per heavy atom. The third-order valence-corrected chi connectivity index (χ3v) is 2.76. The number of rotatable bonds is 5. The van der Waals surface area contributed by atoms with Crippen LogP contribution in [0, 0.1) is 0 Å². The van der Waals surface area contributed by atoms with E-state index >= 15 is 0 Å². The van der Waals surface area contributed by atoms with Gasteiger partial charge >= 0.3 is 12.0 Å². The first-order valence-corrected chi connectivity index (χ1v) is 6.37. The molecule has 22 heavy (non-hydrogen) atoms. The molecule has 0 spiro atoms. The molecule has 0 saturated carbocycles. The number of nitrogens with zero attached hydrogens (tertiary/aromatic N) is 2. The van der Waals surface area contributed by atoms with Crippen LogP contribution in [-0.2, 0) is 21.0 Å². The van der Waals surface area contributed by atoms with Gasteiger partial charge in [0.25, 0.3) is 0 Å². The van der Waals surface area contributed by atoms with Gasteiger partial charge in [0, 0.05) is 0 Å². The zero-order chi connectivity index (χ0) is 15.9. The first-order chi connectivity index (χ1) is 10.6. The smallest absolute Gasteiger partial charge is 0.343 e. The lowest BCUT2D eigenvalue weighted by Gasteiger charge is -2.25. The fourth-order valence-electron chi connectivity index (χ4n) is 1.77. The molecule has 0 fully saturated rings. The minimum atomic E-state index is -1.19. The summed E-state index contributed by atoms with van der Waals surface area (Å²) in [5.41, 5.74) is 0.823. The van der Waals surface area contributed by atoms with Crippen molar-refractivity contribution >= 4 is 23.8 Å². The van der Waals surface area contributed by atoms with Gasteiger partial charge in [0.05, 0.1) is 13.2 Å². The van der Waals surface area contributed by atoms with Gasteiger partial charge in [-0.3, -0.25) is 9.63 Å². The summed E-state index contributed by atoms with van der Waals surface area (Å²) in [4.78, 5) is 42.2. The van der Waals surface area contributed by atoms with Crippen LogP contribution in [0.4, 0.5) is 4.79 Å². The van der Waals surface area contributed by atoms with Crippen molar-refractivity contribution in [1.82, 2.24) is 10.4 Å². The molecule has 0 aliphatic carbocycles. The average Bonchev–Trinajstić information content (AvgIpc) is 2.52. The van der Waals surface area contributed by atoms with E-state index in [-0.39, 0.29) is 24.6 Å². The number of amides is 2. The van der Waals surface area contributed by atoms with Crippen LogP contribution in [0.1, 0.15) is 5.56 Å². The number of benzene rings is 1. The Kier molecular flexibility index (Phi) is 5.02. The molecule has 0 atom stereocenters. The van der Waals surface area contributed by atoms with E-state index in [1.54, 1.807) is 18.1 Å². The quantitative estimate of drug-likeness (QED) is 0.601. The highest BCUT2D eigenvalue weighted by molar-refractivity contribution is 6.11. The van der Waals surface area contributed by atoms with Crippen LogP contribution in [0.5, 0.6) is 0 Å². The van der Waals surface area contributed by atoms with E-state index < -0.39 is 18.5 Å². The Bertz CT molecular complexity index is 650. The number of carbonyl (C=O) groups is 2. The van der Waals surface area contributed by atoms with E-state index in [9.17, 15) is 14.4 Å². The van der Waals surface area contributed by atoms with Gasteiger partial charge in [-0.1, -0.05) is 30.3 Å². The molecule has 0 unspecified atom stereocenters. The maximum Gasteiger partial charge on any atom is 0.343 e. The summed E-state index contributed by atoms with van der Waals surface area (Å²) in [6, 6.07) is 8.37. The molecule has 0 aromatic heterocycles. The van der Waals surface area contributed by atoms with Gasteiger partial charge in [-0.2, -0.15) is 4.99 Å².